The number of hydrogen-bond donors (Lipinski definition) is 2. The highest BCUT2D eigenvalue weighted by Crippen LogP contribution is 2.13. The zero-order valence-corrected chi connectivity index (χ0v) is 10.4. The van der Waals surface area contributed by atoms with Crippen molar-refractivity contribution in [3.8, 4) is 0 Å². The van der Waals surface area contributed by atoms with Crippen LogP contribution in [0.15, 0.2) is 10.5 Å². The number of amides is 2. The number of nitrogens with one attached hydrogen (secondary N) is 2. The minimum absolute atomic E-state index is 0.251. The molecule has 2 amide bonds. The molecule has 1 rings (SSSR count). The first-order valence-electron chi connectivity index (χ1n) is 5.38. The average molecular weight is 278 g/mol. The van der Waals surface area contributed by atoms with E-state index in [2.05, 4.69) is 5.32 Å². The summed E-state index contributed by atoms with van der Waals surface area (Å²) < 4.78 is 40.6. The summed E-state index contributed by atoms with van der Waals surface area (Å²) in [5.41, 5.74) is 0.251. The molecule has 0 aliphatic rings. The van der Waals surface area contributed by atoms with E-state index in [1.54, 1.807) is 19.2 Å². The number of aryl methyl sites for hydroxylation is 2. The summed E-state index contributed by atoms with van der Waals surface area (Å²) in [4.78, 5) is 22.7. The third-order valence-corrected chi connectivity index (χ3v) is 2.18. The Morgan fingerprint density at radius 1 is 1.26 bits per heavy atom. The highest BCUT2D eigenvalue weighted by atomic mass is 19.4. The second kappa shape index (κ2) is 5.77. The van der Waals surface area contributed by atoms with Crippen molar-refractivity contribution in [1.29, 1.82) is 0 Å². The van der Waals surface area contributed by atoms with E-state index in [1.807, 2.05) is 0 Å². The molecule has 0 fully saturated rings. The molecule has 0 saturated heterocycles. The monoisotopic (exact) mass is 278 g/mol. The summed E-state index contributed by atoms with van der Waals surface area (Å²) >= 11 is 0. The summed E-state index contributed by atoms with van der Waals surface area (Å²) in [7, 11) is 0. The van der Waals surface area contributed by atoms with E-state index in [4.69, 9.17) is 4.42 Å². The Balaban J connectivity index is 2.42. The maximum absolute atomic E-state index is 11.8. The highest BCUT2D eigenvalue weighted by molar-refractivity contribution is 5.97. The van der Waals surface area contributed by atoms with E-state index in [0.717, 1.165) is 0 Å². The lowest BCUT2D eigenvalue weighted by molar-refractivity contribution is -0.137. The van der Waals surface area contributed by atoms with Crippen molar-refractivity contribution in [1.82, 2.24) is 10.6 Å². The van der Waals surface area contributed by atoms with Crippen molar-refractivity contribution in [2.45, 2.75) is 20.0 Å². The van der Waals surface area contributed by atoms with E-state index in [-0.39, 0.29) is 5.56 Å². The van der Waals surface area contributed by atoms with Gasteiger partial charge in [-0.3, -0.25) is 9.59 Å². The summed E-state index contributed by atoms with van der Waals surface area (Å²) in [5.74, 6) is -0.574. The molecule has 0 aromatic carbocycles. The molecule has 1 aromatic rings. The van der Waals surface area contributed by atoms with Gasteiger partial charge in [-0.25, -0.2) is 0 Å². The van der Waals surface area contributed by atoms with Crippen molar-refractivity contribution in [2.24, 2.45) is 0 Å². The molecular weight excluding hydrogens is 265 g/mol. The van der Waals surface area contributed by atoms with E-state index in [1.165, 1.54) is 6.07 Å². The zero-order chi connectivity index (χ0) is 14.6. The molecule has 0 aliphatic heterocycles. The van der Waals surface area contributed by atoms with Crippen molar-refractivity contribution in [2.75, 3.05) is 13.1 Å². The van der Waals surface area contributed by atoms with E-state index >= 15 is 0 Å². The van der Waals surface area contributed by atoms with Crippen LogP contribution in [0.25, 0.3) is 0 Å². The standard InChI is InChI=1S/C11H13F3N2O3/c1-6-3-8(7(2)19-6)10(18)15-4-9(17)16-5-11(12,13)14/h3H,4-5H2,1-2H3,(H,15,18)(H,16,17). The highest BCUT2D eigenvalue weighted by Gasteiger charge is 2.27. The Morgan fingerprint density at radius 3 is 2.37 bits per heavy atom. The van der Waals surface area contributed by atoms with Gasteiger partial charge in [-0.05, 0) is 19.9 Å². The molecule has 8 heteroatoms. The fourth-order valence-corrected chi connectivity index (χ4v) is 1.37. The van der Waals surface area contributed by atoms with Gasteiger partial charge in [0.05, 0.1) is 12.1 Å². The molecule has 0 spiro atoms. The van der Waals surface area contributed by atoms with Gasteiger partial charge in [0.15, 0.2) is 0 Å². The summed E-state index contributed by atoms with van der Waals surface area (Å²) in [6.07, 6.45) is -4.47. The van der Waals surface area contributed by atoms with Gasteiger partial charge < -0.3 is 15.1 Å². The van der Waals surface area contributed by atoms with Gasteiger partial charge in [0.25, 0.3) is 5.91 Å². The summed E-state index contributed by atoms with van der Waals surface area (Å²) in [5, 5.41) is 3.86. The predicted molar refractivity (Wildman–Crippen MR) is 59.6 cm³/mol. The third kappa shape index (κ3) is 5.02. The van der Waals surface area contributed by atoms with Crippen molar-refractivity contribution < 1.29 is 27.2 Å². The van der Waals surface area contributed by atoms with Gasteiger partial charge in [-0.1, -0.05) is 0 Å². The van der Waals surface area contributed by atoms with Crippen LogP contribution in [-0.4, -0.2) is 31.1 Å². The predicted octanol–water partition coefficient (Wildman–Crippen LogP) is 1.30. The molecule has 106 valence electrons. The third-order valence-electron chi connectivity index (χ3n) is 2.18. The van der Waals surface area contributed by atoms with E-state index < -0.39 is 31.1 Å². The molecule has 0 aliphatic carbocycles. The van der Waals surface area contributed by atoms with Crippen molar-refractivity contribution >= 4 is 11.8 Å². The van der Waals surface area contributed by atoms with Crippen LogP contribution in [0.2, 0.25) is 0 Å². The molecule has 0 radical (unpaired) electrons. The molecule has 2 N–H and O–H groups in total. The summed E-state index contributed by atoms with van der Waals surface area (Å²) in [6.45, 7) is 1.27. The van der Waals surface area contributed by atoms with Gasteiger partial charge >= 0.3 is 6.18 Å². The van der Waals surface area contributed by atoms with E-state index in [9.17, 15) is 22.8 Å². The molecule has 19 heavy (non-hydrogen) atoms. The topological polar surface area (TPSA) is 71.3 Å². The second-order valence-electron chi connectivity index (χ2n) is 3.90. The van der Waals surface area contributed by atoms with Crippen LogP contribution >= 0.6 is 0 Å². The number of halogens is 3. The fraction of sp³-hybridized carbons (Fsp3) is 0.455. The van der Waals surface area contributed by atoms with Crippen LogP contribution in [0.1, 0.15) is 21.9 Å². The largest absolute Gasteiger partial charge is 0.466 e. The molecule has 0 atom stereocenters. The van der Waals surface area contributed by atoms with Crippen LogP contribution in [0.5, 0.6) is 0 Å². The van der Waals surface area contributed by atoms with Crippen LogP contribution in [-0.2, 0) is 4.79 Å². The number of carbonyl (C=O) groups excluding carboxylic acids is 2. The lowest BCUT2D eigenvalue weighted by Gasteiger charge is -2.08. The van der Waals surface area contributed by atoms with Crippen LogP contribution < -0.4 is 10.6 Å². The molecule has 1 heterocycles. The Kier molecular flexibility index (Phi) is 4.57. The molecule has 0 saturated carbocycles. The maximum atomic E-state index is 11.8. The average Bonchev–Trinajstić information content (AvgIpc) is 2.61. The van der Waals surface area contributed by atoms with Gasteiger partial charge in [-0.2, -0.15) is 13.2 Å². The van der Waals surface area contributed by atoms with Gasteiger partial charge in [0, 0.05) is 0 Å². The lowest BCUT2D eigenvalue weighted by Crippen LogP contribution is -2.40. The molecule has 5 nitrogen and oxygen atoms in total. The van der Waals surface area contributed by atoms with Gasteiger partial charge in [0.2, 0.25) is 5.91 Å². The number of alkyl halides is 3. The first-order chi connectivity index (χ1) is 8.69. The molecule has 0 bridgehead atoms. The lowest BCUT2D eigenvalue weighted by atomic mass is 10.2. The van der Waals surface area contributed by atoms with Crippen molar-refractivity contribution in [3.05, 3.63) is 23.2 Å². The Morgan fingerprint density at radius 2 is 1.89 bits per heavy atom. The van der Waals surface area contributed by atoms with Crippen LogP contribution in [0.4, 0.5) is 13.2 Å². The Hall–Kier alpha value is -1.99. The Labute approximate surface area is 107 Å². The van der Waals surface area contributed by atoms with Crippen molar-refractivity contribution in [3.63, 3.8) is 0 Å². The number of hydrogen-bond acceptors (Lipinski definition) is 3. The smallest absolute Gasteiger partial charge is 0.405 e. The fourth-order valence-electron chi connectivity index (χ4n) is 1.37. The molecule has 1 aromatic heterocycles. The maximum Gasteiger partial charge on any atom is 0.405 e. The minimum Gasteiger partial charge on any atom is -0.466 e. The molecular formula is C11H13F3N2O3. The van der Waals surface area contributed by atoms with Gasteiger partial charge in [0.1, 0.15) is 18.1 Å². The second-order valence-corrected chi connectivity index (χ2v) is 3.90. The molecule has 0 unspecified atom stereocenters. The number of carbonyl (C=O) groups is 2. The van der Waals surface area contributed by atoms with E-state index in [0.29, 0.717) is 11.5 Å². The number of furan rings is 1. The number of rotatable bonds is 4. The Bertz CT molecular complexity index is 480. The summed E-state index contributed by atoms with van der Waals surface area (Å²) in [6, 6.07) is 1.48. The quantitative estimate of drug-likeness (QED) is 0.872. The first-order valence-corrected chi connectivity index (χ1v) is 5.38. The SMILES string of the molecule is Cc1cc(C(=O)NCC(=O)NCC(F)(F)F)c(C)o1. The first kappa shape index (κ1) is 15.1. The van der Waals surface area contributed by atoms with Crippen LogP contribution in [0.3, 0.4) is 0 Å². The minimum atomic E-state index is -4.47. The van der Waals surface area contributed by atoms with Crippen LogP contribution in [0, 0.1) is 13.8 Å². The normalized spacial score (nSPS) is 11.2. The van der Waals surface area contributed by atoms with Gasteiger partial charge in [-0.15, -0.1) is 0 Å². The zero-order valence-electron chi connectivity index (χ0n) is 10.4.